The summed E-state index contributed by atoms with van der Waals surface area (Å²) in [6.45, 7) is 0. The predicted octanol–water partition coefficient (Wildman–Crippen LogP) is 3.19. The Morgan fingerprint density at radius 2 is 2.19 bits per heavy atom. The van der Waals surface area contributed by atoms with Gasteiger partial charge in [-0.2, -0.15) is 0 Å². The zero-order valence-electron chi connectivity index (χ0n) is 7.98. The minimum absolute atomic E-state index is 0.230. The number of hydrogen-bond acceptors (Lipinski definition) is 4. The molecule has 0 unspecified atom stereocenters. The highest BCUT2D eigenvalue weighted by molar-refractivity contribution is 14.1. The van der Waals surface area contributed by atoms with Gasteiger partial charge in [0, 0.05) is 3.57 Å². The van der Waals surface area contributed by atoms with Crippen LogP contribution in [0.25, 0.3) is 0 Å². The van der Waals surface area contributed by atoms with Gasteiger partial charge in [0.25, 0.3) is 0 Å². The fourth-order valence-corrected chi connectivity index (χ4v) is 2.30. The average molecular weight is 346 g/mol. The van der Waals surface area contributed by atoms with Gasteiger partial charge in [0.2, 0.25) is 0 Å². The molecule has 82 valence electrons. The lowest BCUT2D eigenvalue weighted by molar-refractivity contribution is 0.0702. The van der Waals surface area contributed by atoms with E-state index in [1.54, 1.807) is 0 Å². The van der Waals surface area contributed by atoms with Crippen LogP contribution in [0.15, 0.2) is 30.5 Å². The van der Waals surface area contributed by atoms with Crippen molar-refractivity contribution in [3.8, 4) is 0 Å². The summed E-state index contributed by atoms with van der Waals surface area (Å²) < 4.78 is 1.06. The number of aromatic nitrogens is 1. The van der Waals surface area contributed by atoms with E-state index in [0.717, 1.165) is 20.6 Å². The molecule has 0 saturated heterocycles. The largest absolute Gasteiger partial charge is 0.477 e. The molecule has 0 amide bonds. The number of carbonyl (C=O) groups is 1. The molecule has 1 aromatic heterocycles. The molecule has 6 heteroatoms. The quantitative estimate of drug-likeness (QED) is 0.838. The van der Waals surface area contributed by atoms with Crippen LogP contribution in [-0.4, -0.2) is 16.1 Å². The van der Waals surface area contributed by atoms with Crippen LogP contribution in [0.4, 0.5) is 10.8 Å². The molecule has 0 atom stereocenters. The van der Waals surface area contributed by atoms with Crippen LogP contribution in [0.1, 0.15) is 9.67 Å². The minimum Gasteiger partial charge on any atom is -0.477 e. The van der Waals surface area contributed by atoms with Crippen LogP contribution in [0.2, 0.25) is 0 Å². The molecule has 2 N–H and O–H groups in total. The standard InChI is InChI=1S/C10H7IN2O2S/c11-6-3-1-2-4-7(6)13-10-12-5-8(16-10)9(14)15/h1-5H,(H,12,13)(H,14,15). The Morgan fingerprint density at radius 3 is 2.81 bits per heavy atom. The van der Waals surface area contributed by atoms with Gasteiger partial charge in [-0.1, -0.05) is 23.5 Å². The first-order chi connectivity index (χ1) is 7.66. The van der Waals surface area contributed by atoms with Gasteiger partial charge in [-0.15, -0.1) is 0 Å². The maximum Gasteiger partial charge on any atom is 0.347 e. The van der Waals surface area contributed by atoms with Crippen LogP contribution in [-0.2, 0) is 0 Å². The summed E-state index contributed by atoms with van der Waals surface area (Å²) in [5.41, 5.74) is 0.925. The molecule has 2 aromatic rings. The van der Waals surface area contributed by atoms with E-state index in [-0.39, 0.29) is 4.88 Å². The van der Waals surface area contributed by atoms with Crippen molar-refractivity contribution in [2.75, 3.05) is 5.32 Å². The highest BCUT2D eigenvalue weighted by Crippen LogP contribution is 2.25. The Kier molecular flexibility index (Phi) is 3.39. The van der Waals surface area contributed by atoms with Crippen molar-refractivity contribution < 1.29 is 9.90 Å². The third kappa shape index (κ3) is 2.50. The molecule has 1 aromatic carbocycles. The normalized spacial score (nSPS) is 10.1. The lowest BCUT2D eigenvalue weighted by atomic mass is 10.3. The van der Waals surface area contributed by atoms with Crippen molar-refractivity contribution in [1.29, 1.82) is 0 Å². The van der Waals surface area contributed by atoms with Gasteiger partial charge < -0.3 is 10.4 Å². The van der Waals surface area contributed by atoms with Crippen LogP contribution in [0.3, 0.4) is 0 Å². The monoisotopic (exact) mass is 346 g/mol. The van der Waals surface area contributed by atoms with Crippen molar-refractivity contribution in [2.45, 2.75) is 0 Å². The van der Waals surface area contributed by atoms with E-state index in [9.17, 15) is 4.79 Å². The number of nitrogens with one attached hydrogen (secondary N) is 1. The highest BCUT2D eigenvalue weighted by atomic mass is 127. The van der Waals surface area contributed by atoms with Crippen molar-refractivity contribution in [1.82, 2.24) is 4.98 Å². The molecule has 0 bridgehead atoms. The van der Waals surface area contributed by atoms with E-state index >= 15 is 0 Å². The summed E-state index contributed by atoms with van der Waals surface area (Å²) >= 11 is 3.32. The van der Waals surface area contributed by atoms with Crippen LogP contribution in [0, 0.1) is 3.57 Å². The second kappa shape index (κ2) is 4.79. The van der Waals surface area contributed by atoms with Crippen molar-refractivity contribution >= 4 is 50.7 Å². The number of nitrogens with zero attached hydrogens (tertiary/aromatic N) is 1. The third-order valence-corrected chi connectivity index (χ3v) is 3.67. The van der Waals surface area contributed by atoms with Gasteiger partial charge in [-0.25, -0.2) is 9.78 Å². The first kappa shape index (κ1) is 11.3. The zero-order chi connectivity index (χ0) is 11.5. The molecule has 0 fully saturated rings. The SMILES string of the molecule is O=C(O)c1cnc(Nc2ccccc2I)s1. The number of hydrogen-bond donors (Lipinski definition) is 2. The molecule has 4 nitrogen and oxygen atoms in total. The second-order valence-corrected chi connectivity index (χ2v) is 5.13. The van der Waals surface area contributed by atoms with E-state index in [2.05, 4.69) is 32.9 Å². The average Bonchev–Trinajstić information content (AvgIpc) is 2.70. The number of thiazole rings is 1. The summed E-state index contributed by atoms with van der Waals surface area (Å²) in [6.07, 6.45) is 1.35. The van der Waals surface area contributed by atoms with Crippen LogP contribution >= 0.6 is 33.9 Å². The molecule has 0 saturated carbocycles. The predicted molar refractivity (Wildman–Crippen MR) is 71.5 cm³/mol. The first-order valence-corrected chi connectivity index (χ1v) is 6.27. The summed E-state index contributed by atoms with van der Waals surface area (Å²) in [4.78, 5) is 14.9. The fourth-order valence-electron chi connectivity index (χ4n) is 1.11. The van der Waals surface area contributed by atoms with Gasteiger partial charge in [-0.3, -0.25) is 0 Å². The highest BCUT2D eigenvalue weighted by Gasteiger charge is 2.09. The van der Waals surface area contributed by atoms with Gasteiger partial charge >= 0.3 is 5.97 Å². The van der Waals surface area contributed by atoms with Crippen LogP contribution < -0.4 is 5.32 Å². The molecular weight excluding hydrogens is 339 g/mol. The number of benzene rings is 1. The minimum atomic E-state index is -0.951. The molecule has 0 spiro atoms. The molecule has 2 rings (SSSR count). The molecule has 0 aliphatic heterocycles. The number of anilines is 2. The number of carboxylic acids is 1. The molecule has 0 radical (unpaired) electrons. The van der Waals surface area contributed by atoms with E-state index in [1.165, 1.54) is 6.20 Å². The molecule has 0 aliphatic rings. The Morgan fingerprint density at radius 1 is 1.44 bits per heavy atom. The Balaban J connectivity index is 2.21. The summed E-state index contributed by atoms with van der Waals surface area (Å²) in [7, 11) is 0. The number of halogens is 1. The molecule has 0 aliphatic carbocycles. The summed E-state index contributed by atoms with van der Waals surface area (Å²) in [5.74, 6) is -0.951. The molecule has 1 heterocycles. The Bertz CT molecular complexity index is 527. The van der Waals surface area contributed by atoms with Crippen molar-refractivity contribution in [2.24, 2.45) is 0 Å². The lowest BCUT2D eigenvalue weighted by Crippen LogP contribution is -1.91. The van der Waals surface area contributed by atoms with Gasteiger partial charge in [-0.05, 0) is 34.7 Å². The molecular formula is C10H7IN2O2S. The third-order valence-electron chi connectivity index (χ3n) is 1.83. The molecule has 16 heavy (non-hydrogen) atoms. The summed E-state index contributed by atoms with van der Waals surface area (Å²) in [5, 5.41) is 12.4. The maximum atomic E-state index is 10.7. The second-order valence-electron chi connectivity index (χ2n) is 2.94. The first-order valence-electron chi connectivity index (χ1n) is 4.37. The number of rotatable bonds is 3. The van der Waals surface area contributed by atoms with E-state index in [1.807, 2.05) is 24.3 Å². The van der Waals surface area contributed by atoms with E-state index in [0.29, 0.717) is 5.13 Å². The van der Waals surface area contributed by atoms with Crippen molar-refractivity contribution in [3.63, 3.8) is 0 Å². The smallest absolute Gasteiger partial charge is 0.347 e. The van der Waals surface area contributed by atoms with Crippen molar-refractivity contribution in [3.05, 3.63) is 38.9 Å². The van der Waals surface area contributed by atoms with E-state index in [4.69, 9.17) is 5.11 Å². The van der Waals surface area contributed by atoms with Gasteiger partial charge in [0.1, 0.15) is 4.88 Å². The number of aromatic carboxylic acids is 1. The maximum absolute atomic E-state index is 10.7. The lowest BCUT2D eigenvalue weighted by Gasteiger charge is -2.03. The summed E-state index contributed by atoms with van der Waals surface area (Å²) in [6, 6.07) is 7.74. The topological polar surface area (TPSA) is 62.2 Å². The fraction of sp³-hybridized carbons (Fsp3) is 0. The number of carboxylic acid groups (broad SMARTS) is 1. The van der Waals surface area contributed by atoms with E-state index < -0.39 is 5.97 Å². The van der Waals surface area contributed by atoms with Crippen LogP contribution in [0.5, 0.6) is 0 Å². The zero-order valence-corrected chi connectivity index (χ0v) is 10.9. The Labute approximate surface area is 109 Å². The number of para-hydroxylation sites is 1. The van der Waals surface area contributed by atoms with Gasteiger partial charge in [0.15, 0.2) is 5.13 Å². The Hall–Kier alpha value is -1.15. The van der Waals surface area contributed by atoms with Gasteiger partial charge in [0.05, 0.1) is 11.9 Å².